The normalized spacial score (nSPS) is 12.3. The largest absolute Gasteiger partial charge is 0.494 e. The highest BCUT2D eigenvalue weighted by atomic mass is 19.2. The SMILES string of the molecule is CCc1cc(Nc2nccn3c(-c4ccc(OC)c(F)c4F)cnc23)ccc1C(=O)NCC[C@@H](C)NC(=O)[C@@H](N)CCCNC(=N)N. The molecule has 0 unspecified atom stereocenters. The Balaban J connectivity index is 1.36. The Morgan fingerprint density at radius 3 is 2.60 bits per heavy atom. The Bertz CT molecular complexity index is 1750. The number of carbonyl (C=O) groups is 2. The van der Waals surface area contributed by atoms with Gasteiger partial charge in [-0.05, 0) is 68.5 Å². The van der Waals surface area contributed by atoms with Crippen LogP contribution in [0.5, 0.6) is 5.75 Å². The first kappa shape index (κ1) is 34.6. The van der Waals surface area contributed by atoms with Crippen molar-refractivity contribution in [3.05, 3.63) is 71.7 Å². The van der Waals surface area contributed by atoms with Gasteiger partial charge in [0, 0.05) is 48.3 Å². The van der Waals surface area contributed by atoms with Crippen molar-refractivity contribution >= 4 is 34.9 Å². The molecule has 2 atom stereocenters. The molecule has 47 heavy (non-hydrogen) atoms. The number of hydrogen-bond acceptors (Lipinski definition) is 8. The summed E-state index contributed by atoms with van der Waals surface area (Å²) < 4.78 is 35.7. The molecule has 4 rings (SSSR count). The number of fused-ring (bicyclic) bond motifs is 1. The van der Waals surface area contributed by atoms with Crippen molar-refractivity contribution in [2.75, 3.05) is 25.5 Å². The molecule has 250 valence electrons. The Morgan fingerprint density at radius 1 is 1.09 bits per heavy atom. The van der Waals surface area contributed by atoms with Crippen LogP contribution in [0.25, 0.3) is 16.9 Å². The number of anilines is 2. The summed E-state index contributed by atoms with van der Waals surface area (Å²) in [5.74, 6) is -2.59. The van der Waals surface area contributed by atoms with Crippen LogP contribution in [0, 0.1) is 17.0 Å². The van der Waals surface area contributed by atoms with Crippen molar-refractivity contribution in [3.8, 4) is 17.0 Å². The zero-order valence-electron chi connectivity index (χ0n) is 26.5. The lowest BCUT2D eigenvalue weighted by Gasteiger charge is -2.18. The van der Waals surface area contributed by atoms with Crippen molar-refractivity contribution in [1.29, 1.82) is 5.41 Å². The van der Waals surface area contributed by atoms with Crippen molar-refractivity contribution in [2.24, 2.45) is 11.5 Å². The first-order chi connectivity index (χ1) is 22.5. The van der Waals surface area contributed by atoms with Gasteiger partial charge in [-0.25, -0.2) is 14.4 Å². The van der Waals surface area contributed by atoms with Crippen LogP contribution in [-0.4, -0.2) is 64.4 Å². The van der Waals surface area contributed by atoms with Crippen molar-refractivity contribution in [3.63, 3.8) is 0 Å². The van der Waals surface area contributed by atoms with Gasteiger partial charge in [-0.15, -0.1) is 0 Å². The zero-order valence-corrected chi connectivity index (χ0v) is 26.5. The lowest BCUT2D eigenvalue weighted by atomic mass is 10.0. The van der Waals surface area contributed by atoms with E-state index in [9.17, 15) is 18.4 Å². The number of nitrogens with two attached hydrogens (primary N) is 2. The van der Waals surface area contributed by atoms with Gasteiger partial charge in [-0.3, -0.25) is 19.4 Å². The molecule has 0 aliphatic heterocycles. The monoisotopic (exact) mass is 650 g/mol. The lowest BCUT2D eigenvalue weighted by molar-refractivity contribution is -0.123. The van der Waals surface area contributed by atoms with E-state index in [1.54, 1.807) is 22.7 Å². The number of rotatable bonds is 15. The number of imidazole rings is 1. The molecule has 0 aliphatic carbocycles. The summed E-state index contributed by atoms with van der Waals surface area (Å²) in [4.78, 5) is 34.2. The molecular weight excluding hydrogens is 610 g/mol. The molecule has 2 amide bonds. The highest BCUT2D eigenvalue weighted by molar-refractivity contribution is 5.96. The van der Waals surface area contributed by atoms with E-state index in [0.717, 1.165) is 5.56 Å². The zero-order chi connectivity index (χ0) is 34.1. The third-order valence-electron chi connectivity index (χ3n) is 7.56. The molecule has 0 bridgehead atoms. The van der Waals surface area contributed by atoms with Crippen LogP contribution in [-0.2, 0) is 11.2 Å². The molecule has 0 fully saturated rings. The average molecular weight is 651 g/mol. The molecular formula is C32H40F2N10O3. The number of nitrogens with one attached hydrogen (secondary N) is 5. The standard InChI is InChI=1S/C32H40F2N10O3/c1-4-19-16-20(7-8-21(19)30(45)39-13-11-18(2)42-31(46)23(35)6-5-12-40-32(36)37)43-28-29-41-17-24(44(29)15-14-38-28)22-9-10-25(47-3)27(34)26(22)33/h7-10,14-18,23H,4-6,11-13,35H2,1-3H3,(H,38,43)(H,39,45)(H,42,46)(H4,36,37,40)/t18-,23+/m1/s1. The summed E-state index contributed by atoms with van der Waals surface area (Å²) in [6, 6.07) is 7.20. The third-order valence-corrected chi connectivity index (χ3v) is 7.56. The maximum Gasteiger partial charge on any atom is 0.251 e. The van der Waals surface area contributed by atoms with Crippen LogP contribution < -0.4 is 37.5 Å². The molecule has 13 nitrogen and oxygen atoms in total. The number of amides is 2. The topological polar surface area (TPSA) is 198 Å². The molecule has 2 heterocycles. The molecule has 2 aromatic carbocycles. The Kier molecular flexibility index (Phi) is 11.6. The minimum absolute atomic E-state index is 0.0205. The van der Waals surface area contributed by atoms with Crippen molar-refractivity contribution in [2.45, 2.75) is 51.6 Å². The Hall–Kier alpha value is -5.31. The maximum atomic E-state index is 14.8. The number of nitrogens with zero attached hydrogens (tertiary/aromatic N) is 3. The maximum absolute atomic E-state index is 14.8. The minimum atomic E-state index is -1.09. The summed E-state index contributed by atoms with van der Waals surface area (Å²) in [5, 5.41) is 18.8. The molecule has 4 aromatic rings. The second-order valence-electron chi connectivity index (χ2n) is 11.0. The number of benzene rings is 2. The number of guanidine groups is 1. The molecule has 0 spiro atoms. The fourth-order valence-corrected chi connectivity index (χ4v) is 5.01. The first-order valence-electron chi connectivity index (χ1n) is 15.2. The van der Waals surface area contributed by atoms with Gasteiger partial charge in [-0.1, -0.05) is 6.92 Å². The quantitative estimate of drug-likeness (QED) is 0.0574. The van der Waals surface area contributed by atoms with E-state index in [0.29, 0.717) is 67.2 Å². The van der Waals surface area contributed by atoms with Gasteiger partial charge in [0.1, 0.15) is 0 Å². The van der Waals surface area contributed by atoms with Crippen molar-refractivity contribution in [1.82, 2.24) is 30.3 Å². The summed E-state index contributed by atoms with van der Waals surface area (Å²) in [7, 11) is 1.27. The van der Waals surface area contributed by atoms with Gasteiger partial charge in [0.25, 0.3) is 5.91 Å². The second kappa shape index (κ2) is 15.8. The van der Waals surface area contributed by atoms with Gasteiger partial charge >= 0.3 is 0 Å². The number of aromatic nitrogens is 3. The van der Waals surface area contributed by atoms with Crippen LogP contribution in [0.15, 0.2) is 48.9 Å². The van der Waals surface area contributed by atoms with E-state index in [2.05, 4.69) is 31.2 Å². The summed E-state index contributed by atoms with van der Waals surface area (Å²) in [6.45, 7) is 4.59. The van der Waals surface area contributed by atoms with E-state index in [1.165, 1.54) is 31.6 Å². The van der Waals surface area contributed by atoms with Gasteiger partial charge in [0.2, 0.25) is 11.7 Å². The fourth-order valence-electron chi connectivity index (χ4n) is 5.01. The molecule has 0 saturated heterocycles. The number of hydrogen-bond donors (Lipinski definition) is 7. The van der Waals surface area contributed by atoms with E-state index in [4.69, 9.17) is 21.6 Å². The van der Waals surface area contributed by atoms with Crippen LogP contribution in [0.2, 0.25) is 0 Å². The molecule has 0 radical (unpaired) electrons. The predicted molar refractivity (Wildman–Crippen MR) is 176 cm³/mol. The second-order valence-corrected chi connectivity index (χ2v) is 11.0. The smallest absolute Gasteiger partial charge is 0.251 e. The highest BCUT2D eigenvalue weighted by Gasteiger charge is 2.20. The summed E-state index contributed by atoms with van der Waals surface area (Å²) >= 11 is 0. The summed E-state index contributed by atoms with van der Waals surface area (Å²) in [5.41, 5.74) is 13.9. The molecule has 15 heteroatoms. The Labute approximate surface area is 271 Å². The Morgan fingerprint density at radius 2 is 1.87 bits per heavy atom. The molecule has 2 aromatic heterocycles. The van der Waals surface area contributed by atoms with Crippen LogP contribution in [0.4, 0.5) is 20.3 Å². The molecule has 0 aliphatic rings. The number of aryl methyl sites for hydroxylation is 1. The van der Waals surface area contributed by atoms with Crippen LogP contribution in [0.3, 0.4) is 0 Å². The van der Waals surface area contributed by atoms with Crippen LogP contribution in [0.1, 0.15) is 49.0 Å². The number of methoxy groups -OCH3 is 1. The predicted octanol–water partition coefficient (Wildman–Crippen LogP) is 3.20. The number of ether oxygens (including phenoxy) is 1. The van der Waals surface area contributed by atoms with Crippen molar-refractivity contribution < 1.29 is 23.1 Å². The van der Waals surface area contributed by atoms with E-state index in [-0.39, 0.29) is 35.1 Å². The third kappa shape index (κ3) is 8.49. The van der Waals surface area contributed by atoms with E-state index in [1.807, 2.05) is 19.9 Å². The highest BCUT2D eigenvalue weighted by Crippen LogP contribution is 2.31. The first-order valence-corrected chi connectivity index (χ1v) is 15.2. The number of carbonyl (C=O) groups excluding carboxylic acids is 2. The molecule has 0 saturated carbocycles. The lowest BCUT2D eigenvalue weighted by Crippen LogP contribution is -2.45. The van der Waals surface area contributed by atoms with Gasteiger partial charge in [-0.2, -0.15) is 4.39 Å². The average Bonchev–Trinajstić information content (AvgIpc) is 3.48. The molecule has 9 N–H and O–H groups in total. The van der Waals surface area contributed by atoms with E-state index >= 15 is 0 Å². The van der Waals surface area contributed by atoms with Gasteiger partial charge in [0.15, 0.2) is 29.0 Å². The van der Waals surface area contributed by atoms with Crippen LogP contribution >= 0.6 is 0 Å². The summed E-state index contributed by atoms with van der Waals surface area (Å²) in [6.07, 6.45) is 6.69. The fraction of sp³-hybridized carbons (Fsp3) is 0.344. The van der Waals surface area contributed by atoms with Gasteiger partial charge in [0.05, 0.1) is 25.0 Å². The minimum Gasteiger partial charge on any atom is -0.494 e. The van der Waals surface area contributed by atoms with Gasteiger partial charge < -0.3 is 37.5 Å². The number of halogens is 2. The van der Waals surface area contributed by atoms with E-state index < -0.39 is 17.7 Å².